The number of alkyl halides is 3. The van der Waals surface area contributed by atoms with Crippen molar-refractivity contribution in [3.05, 3.63) is 29.8 Å². The lowest BCUT2D eigenvalue weighted by molar-refractivity contribution is -0.275. The molecule has 0 radical (unpaired) electrons. The van der Waals surface area contributed by atoms with Crippen LogP contribution in [-0.2, 0) is 4.79 Å². The molecule has 2 N–H and O–H groups in total. The van der Waals surface area contributed by atoms with E-state index in [1.165, 1.54) is 18.2 Å². The smallest absolute Gasteiger partial charge is 0.480 e. The molecule has 20 heavy (non-hydrogen) atoms. The summed E-state index contributed by atoms with van der Waals surface area (Å²) in [6, 6.07) is 3.80. The lowest BCUT2D eigenvalue weighted by Crippen LogP contribution is -2.35. The minimum Gasteiger partial charge on any atom is -0.480 e. The predicted molar refractivity (Wildman–Crippen MR) is 66.4 cm³/mol. The van der Waals surface area contributed by atoms with Gasteiger partial charge in [-0.3, -0.25) is 10.1 Å². The van der Waals surface area contributed by atoms with Gasteiger partial charge in [0.2, 0.25) is 0 Å². The highest BCUT2D eigenvalue weighted by atomic mass is 19.4. The summed E-state index contributed by atoms with van der Waals surface area (Å²) in [7, 11) is 0. The molecule has 0 saturated heterocycles. The number of para-hydroxylation sites is 1. The molecule has 0 heterocycles. The summed E-state index contributed by atoms with van der Waals surface area (Å²) in [5, 5.41) is 12.0. The number of carboxylic acid groups (broad SMARTS) is 1. The van der Waals surface area contributed by atoms with Crippen LogP contribution in [0.5, 0.6) is 5.75 Å². The van der Waals surface area contributed by atoms with Gasteiger partial charge in [-0.25, -0.2) is 0 Å². The fraction of sp³-hybridized carbons (Fsp3) is 0.462. The van der Waals surface area contributed by atoms with Crippen molar-refractivity contribution in [1.29, 1.82) is 0 Å². The molecule has 4 nitrogen and oxygen atoms in total. The van der Waals surface area contributed by atoms with Crippen molar-refractivity contribution in [2.75, 3.05) is 0 Å². The number of carbonyl (C=O) groups is 1. The van der Waals surface area contributed by atoms with E-state index in [0.717, 1.165) is 6.07 Å². The standard InChI is InChI=1S/C13H16F3NO3/c1-3-8(2)17-11(12(18)19)9-6-4-5-7-10(9)20-13(14,15)16/h4-8,11,17H,3H2,1-2H3,(H,18,19). The molecule has 0 aliphatic carbocycles. The third-order valence-corrected chi connectivity index (χ3v) is 2.77. The molecule has 0 saturated carbocycles. The van der Waals surface area contributed by atoms with Crippen molar-refractivity contribution >= 4 is 5.97 Å². The Morgan fingerprint density at radius 1 is 1.40 bits per heavy atom. The molecule has 112 valence electrons. The van der Waals surface area contributed by atoms with Crippen LogP contribution in [0.4, 0.5) is 13.2 Å². The number of hydrogen-bond acceptors (Lipinski definition) is 3. The van der Waals surface area contributed by atoms with Crippen LogP contribution < -0.4 is 10.1 Å². The minimum atomic E-state index is -4.87. The Balaban J connectivity index is 3.10. The van der Waals surface area contributed by atoms with Gasteiger partial charge in [0.15, 0.2) is 0 Å². The largest absolute Gasteiger partial charge is 0.573 e. The minimum absolute atomic E-state index is 0.0578. The van der Waals surface area contributed by atoms with E-state index >= 15 is 0 Å². The SMILES string of the molecule is CCC(C)NC(C(=O)O)c1ccccc1OC(F)(F)F. The van der Waals surface area contributed by atoms with Gasteiger partial charge in [-0.1, -0.05) is 25.1 Å². The molecule has 0 amide bonds. The fourth-order valence-corrected chi connectivity index (χ4v) is 1.63. The maximum atomic E-state index is 12.3. The third-order valence-electron chi connectivity index (χ3n) is 2.77. The summed E-state index contributed by atoms with van der Waals surface area (Å²) in [5.41, 5.74) is -0.0578. The van der Waals surface area contributed by atoms with Crippen molar-refractivity contribution < 1.29 is 27.8 Å². The number of nitrogens with one attached hydrogen (secondary N) is 1. The van der Waals surface area contributed by atoms with Crippen LogP contribution in [0.15, 0.2) is 24.3 Å². The molecule has 0 aliphatic rings. The van der Waals surface area contributed by atoms with E-state index in [4.69, 9.17) is 0 Å². The Bertz CT molecular complexity index is 462. The van der Waals surface area contributed by atoms with Gasteiger partial charge in [0.05, 0.1) is 0 Å². The zero-order valence-electron chi connectivity index (χ0n) is 11.1. The van der Waals surface area contributed by atoms with E-state index in [1.807, 2.05) is 6.92 Å². The van der Waals surface area contributed by atoms with Crippen LogP contribution in [0.1, 0.15) is 31.9 Å². The topological polar surface area (TPSA) is 58.6 Å². The van der Waals surface area contributed by atoms with E-state index in [1.54, 1.807) is 6.92 Å². The summed E-state index contributed by atoms with van der Waals surface area (Å²) in [6.45, 7) is 3.60. The van der Waals surface area contributed by atoms with Gasteiger partial charge in [0.1, 0.15) is 11.8 Å². The van der Waals surface area contributed by atoms with Gasteiger partial charge in [-0.2, -0.15) is 0 Å². The molecule has 0 fully saturated rings. The van der Waals surface area contributed by atoms with Crippen LogP contribution in [0.3, 0.4) is 0 Å². The van der Waals surface area contributed by atoms with E-state index < -0.39 is 24.1 Å². The molecular formula is C13H16F3NO3. The van der Waals surface area contributed by atoms with Crippen LogP contribution in [0.2, 0.25) is 0 Å². The Morgan fingerprint density at radius 3 is 2.50 bits per heavy atom. The molecule has 0 aliphatic heterocycles. The fourth-order valence-electron chi connectivity index (χ4n) is 1.63. The van der Waals surface area contributed by atoms with Crippen molar-refractivity contribution in [1.82, 2.24) is 5.32 Å². The number of ether oxygens (including phenoxy) is 1. The molecule has 1 rings (SSSR count). The molecule has 1 aromatic carbocycles. The first kappa shape index (κ1) is 16.3. The molecule has 0 spiro atoms. The molecule has 0 bridgehead atoms. The van der Waals surface area contributed by atoms with Crippen LogP contribution in [0, 0.1) is 0 Å². The Kier molecular flexibility index (Phi) is 5.38. The first-order valence-electron chi connectivity index (χ1n) is 6.08. The molecule has 2 atom stereocenters. The molecular weight excluding hydrogens is 275 g/mol. The highest BCUT2D eigenvalue weighted by Crippen LogP contribution is 2.30. The number of hydrogen-bond donors (Lipinski definition) is 2. The van der Waals surface area contributed by atoms with E-state index in [2.05, 4.69) is 10.1 Å². The average Bonchev–Trinajstić information content (AvgIpc) is 2.34. The lowest BCUT2D eigenvalue weighted by atomic mass is 10.0. The highest BCUT2D eigenvalue weighted by Gasteiger charge is 2.34. The number of carboxylic acids is 1. The summed E-state index contributed by atoms with van der Waals surface area (Å²) < 4.78 is 40.8. The van der Waals surface area contributed by atoms with Gasteiger partial charge < -0.3 is 9.84 Å². The molecule has 1 aromatic rings. The van der Waals surface area contributed by atoms with E-state index in [9.17, 15) is 23.1 Å². The Morgan fingerprint density at radius 2 is 2.00 bits per heavy atom. The van der Waals surface area contributed by atoms with Crippen molar-refractivity contribution in [2.45, 2.75) is 38.7 Å². The number of aliphatic carboxylic acids is 1. The van der Waals surface area contributed by atoms with Crippen molar-refractivity contribution in [3.63, 3.8) is 0 Å². The maximum absolute atomic E-state index is 12.3. The lowest BCUT2D eigenvalue weighted by Gasteiger charge is -2.22. The third kappa shape index (κ3) is 4.73. The predicted octanol–water partition coefficient (Wildman–Crippen LogP) is 3.10. The second kappa shape index (κ2) is 6.60. The van der Waals surface area contributed by atoms with E-state index in [-0.39, 0.29) is 11.6 Å². The average molecular weight is 291 g/mol. The molecule has 7 heteroatoms. The zero-order chi connectivity index (χ0) is 15.3. The molecule has 0 aromatic heterocycles. The van der Waals surface area contributed by atoms with E-state index in [0.29, 0.717) is 6.42 Å². The van der Waals surface area contributed by atoms with Gasteiger partial charge in [0.25, 0.3) is 0 Å². The second-order valence-electron chi connectivity index (χ2n) is 4.33. The first-order valence-corrected chi connectivity index (χ1v) is 6.08. The van der Waals surface area contributed by atoms with Crippen molar-refractivity contribution in [3.8, 4) is 5.75 Å². The monoisotopic (exact) mass is 291 g/mol. The van der Waals surface area contributed by atoms with Crippen LogP contribution >= 0.6 is 0 Å². The number of rotatable bonds is 6. The number of benzene rings is 1. The summed E-state index contributed by atoms with van der Waals surface area (Å²) in [5.74, 6) is -1.77. The molecule has 2 unspecified atom stereocenters. The van der Waals surface area contributed by atoms with Crippen molar-refractivity contribution in [2.24, 2.45) is 0 Å². The summed E-state index contributed by atoms with van der Waals surface area (Å²) in [6.07, 6.45) is -4.22. The second-order valence-corrected chi connectivity index (χ2v) is 4.33. The maximum Gasteiger partial charge on any atom is 0.573 e. The summed E-state index contributed by atoms with van der Waals surface area (Å²) in [4.78, 5) is 11.3. The van der Waals surface area contributed by atoms with Crippen LogP contribution in [-0.4, -0.2) is 23.5 Å². The first-order chi connectivity index (χ1) is 9.24. The Hall–Kier alpha value is -1.76. The van der Waals surface area contributed by atoms with Gasteiger partial charge in [-0.15, -0.1) is 13.2 Å². The van der Waals surface area contributed by atoms with Gasteiger partial charge >= 0.3 is 12.3 Å². The normalized spacial score (nSPS) is 14.7. The highest BCUT2D eigenvalue weighted by molar-refractivity contribution is 5.76. The zero-order valence-corrected chi connectivity index (χ0v) is 11.1. The quantitative estimate of drug-likeness (QED) is 0.845. The summed E-state index contributed by atoms with van der Waals surface area (Å²) >= 11 is 0. The van der Waals surface area contributed by atoms with Gasteiger partial charge in [0, 0.05) is 11.6 Å². The van der Waals surface area contributed by atoms with Crippen LogP contribution in [0.25, 0.3) is 0 Å². The Labute approximate surface area is 114 Å². The van der Waals surface area contributed by atoms with Gasteiger partial charge in [-0.05, 0) is 19.4 Å². The number of halogens is 3.